The van der Waals surface area contributed by atoms with Crippen LogP contribution in [0.25, 0.3) is 0 Å². The summed E-state index contributed by atoms with van der Waals surface area (Å²) < 4.78 is 0. The van der Waals surface area contributed by atoms with E-state index in [-0.39, 0.29) is 23.8 Å². The Morgan fingerprint density at radius 1 is 1.42 bits per heavy atom. The van der Waals surface area contributed by atoms with Crippen molar-refractivity contribution in [2.45, 2.75) is 25.3 Å². The second-order valence-corrected chi connectivity index (χ2v) is 5.87. The highest BCUT2D eigenvalue weighted by Crippen LogP contribution is 2.48. The highest BCUT2D eigenvalue weighted by atomic mass is 35.5. The fraction of sp³-hybridized carbons (Fsp3) is 0.500. The van der Waals surface area contributed by atoms with Gasteiger partial charge in [0, 0.05) is 18.5 Å². The van der Waals surface area contributed by atoms with E-state index in [0.29, 0.717) is 16.6 Å². The summed E-state index contributed by atoms with van der Waals surface area (Å²) in [4.78, 5) is 12.0. The molecule has 3 unspecified atom stereocenters. The number of rotatable bonds is 5. The van der Waals surface area contributed by atoms with Gasteiger partial charge >= 0.3 is 0 Å². The van der Waals surface area contributed by atoms with Gasteiger partial charge in [-0.25, -0.2) is 0 Å². The third-order valence-corrected chi connectivity index (χ3v) is 4.31. The molecule has 0 heterocycles. The lowest BCUT2D eigenvalue weighted by Crippen LogP contribution is -2.37. The van der Waals surface area contributed by atoms with Crippen molar-refractivity contribution >= 4 is 29.1 Å². The Balaban J connectivity index is 1.89. The minimum atomic E-state index is 0.0706. The summed E-state index contributed by atoms with van der Waals surface area (Å²) in [6.45, 7) is 2.68. The van der Waals surface area contributed by atoms with Crippen molar-refractivity contribution in [3.63, 3.8) is 0 Å². The molecule has 1 amide bonds. The largest absolute Gasteiger partial charge is 0.354 e. The van der Waals surface area contributed by atoms with Gasteiger partial charge in [-0.3, -0.25) is 4.79 Å². The standard InChI is InChI=1S/C14H18Cl2N2O/c1-8(17-2)7-18-14(19)11-6-10(11)9-3-4-12(15)13(16)5-9/h3-5,8,10-11,17H,6-7H2,1-2H3,(H,18,19). The van der Waals surface area contributed by atoms with E-state index in [0.717, 1.165) is 12.0 Å². The van der Waals surface area contributed by atoms with Crippen LogP contribution in [0, 0.1) is 5.92 Å². The van der Waals surface area contributed by atoms with Crippen LogP contribution in [-0.4, -0.2) is 25.5 Å². The van der Waals surface area contributed by atoms with Crippen LogP contribution in [0.15, 0.2) is 18.2 Å². The number of hydrogen-bond donors (Lipinski definition) is 2. The summed E-state index contributed by atoms with van der Waals surface area (Å²) in [6.07, 6.45) is 0.887. The van der Waals surface area contributed by atoms with Crippen molar-refractivity contribution < 1.29 is 4.79 Å². The summed E-state index contributed by atoms with van der Waals surface area (Å²) in [5.74, 6) is 0.471. The summed E-state index contributed by atoms with van der Waals surface area (Å²) in [6, 6.07) is 5.88. The van der Waals surface area contributed by atoms with E-state index in [1.807, 2.05) is 26.1 Å². The Bertz CT molecular complexity index is 479. The van der Waals surface area contributed by atoms with Crippen LogP contribution in [0.5, 0.6) is 0 Å². The van der Waals surface area contributed by atoms with Crippen molar-refractivity contribution in [1.29, 1.82) is 0 Å². The number of amides is 1. The zero-order chi connectivity index (χ0) is 14.0. The highest BCUT2D eigenvalue weighted by molar-refractivity contribution is 6.42. The first-order valence-electron chi connectivity index (χ1n) is 6.43. The number of carbonyl (C=O) groups excluding carboxylic acids is 1. The van der Waals surface area contributed by atoms with Crippen molar-refractivity contribution in [3.8, 4) is 0 Å². The fourth-order valence-electron chi connectivity index (χ4n) is 2.08. The van der Waals surface area contributed by atoms with Crippen molar-refractivity contribution in [1.82, 2.24) is 10.6 Å². The number of likely N-dealkylation sites (N-methyl/N-ethyl adjacent to an activating group) is 1. The fourth-order valence-corrected chi connectivity index (χ4v) is 2.39. The monoisotopic (exact) mass is 300 g/mol. The Labute approximate surface area is 123 Å². The molecule has 1 aliphatic carbocycles. The molecule has 0 aromatic heterocycles. The van der Waals surface area contributed by atoms with Crippen LogP contribution in [0.2, 0.25) is 10.0 Å². The van der Waals surface area contributed by atoms with Gasteiger partial charge < -0.3 is 10.6 Å². The quantitative estimate of drug-likeness (QED) is 0.878. The van der Waals surface area contributed by atoms with Gasteiger partial charge in [-0.1, -0.05) is 29.3 Å². The molecule has 3 nitrogen and oxygen atoms in total. The Hall–Kier alpha value is -0.770. The summed E-state index contributed by atoms with van der Waals surface area (Å²) >= 11 is 11.9. The highest BCUT2D eigenvalue weighted by Gasteiger charge is 2.43. The second-order valence-electron chi connectivity index (χ2n) is 5.06. The molecule has 1 aromatic rings. The third kappa shape index (κ3) is 3.62. The van der Waals surface area contributed by atoms with E-state index in [9.17, 15) is 4.79 Å². The Morgan fingerprint density at radius 3 is 2.79 bits per heavy atom. The maximum Gasteiger partial charge on any atom is 0.223 e. The minimum absolute atomic E-state index is 0.0706. The Morgan fingerprint density at radius 2 is 2.16 bits per heavy atom. The predicted octanol–water partition coefficient (Wildman–Crippen LogP) is 2.82. The van der Waals surface area contributed by atoms with Crippen molar-refractivity contribution in [3.05, 3.63) is 33.8 Å². The molecule has 1 fully saturated rings. The van der Waals surface area contributed by atoms with Crippen LogP contribution >= 0.6 is 23.2 Å². The van der Waals surface area contributed by atoms with Crippen LogP contribution in [-0.2, 0) is 4.79 Å². The summed E-state index contributed by atoms with van der Waals surface area (Å²) in [5, 5.41) is 7.15. The van der Waals surface area contributed by atoms with E-state index in [1.165, 1.54) is 0 Å². The molecule has 0 spiro atoms. The molecule has 1 saturated carbocycles. The van der Waals surface area contributed by atoms with Gasteiger partial charge in [0.05, 0.1) is 10.0 Å². The SMILES string of the molecule is CNC(C)CNC(=O)C1CC1c1ccc(Cl)c(Cl)c1. The average molecular weight is 301 g/mol. The van der Waals surface area contributed by atoms with Crippen LogP contribution in [0.1, 0.15) is 24.8 Å². The van der Waals surface area contributed by atoms with Gasteiger partial charge in [-0.15, -0.1) is 0 Å². The lowest BCUT2D eigenvalue weighted by atomic mass is 10.1. The lowest BCUT2D eigenvalue weighted by Gasteiger charge is -2.11. The molecule has 2 N–H and O–H groups in total. The zero-order valence-corrected chi connectivity index (χ0v) is 12.6. The lowest BCUT2D eigenvalue weighted by molar-refractivity contribution is -0.122. The second kappa shape index (κ2) is 6.12. The molecule has 19 heavy (non-hydrogen) atoms. The van der Waals surface area contributed by atoms with Crippen LogP contribution in [0.3, 0.4) is 0 Å². The molecule has 0 bridgehead atoms. The van der Waals surface area contributed by atoms with Gasteiger partial charge in [0.2, 0.25) is 5.91 Å². The maximum atomic E-state index is 12.0. The Kier molecular flexibility index (Phi) is 4.71. The average Bonchev–Trinajstić information content (AvgIpc) is 3.19. The first-order chi connectivity index (χ1) is 9.02. The molecule has 1 aliphatic rings. The van der Waals surface area contributed by atoms with E-state index >= 15 is 0 Å². The predicted molar refractivity (Wildman–Crippen MR) is 78.8 cm³/mol. The first-order valence-corrected chi connectivity index (χ1v) is 7.18. The van der Waals surface area contributed by atoms with Gasteiger partial charge in [-0.05, 0) is 44.0 Å². The topological polar surface area (TPSA) is 41.1 Å². The van der Waals surface area contributed by atoms with Crippen molar-refractivity contribution in [2.24, 2.45) is 5.92 Å². The number of carbonyl (C=O) groups is 1. The molecular weight excluding hydrogens is 283 g/mol. The smallest absolute Gasteiger partial charge is 0.223 e. The molecule has 0 aliphatic heterocycles. The van der Waals surface area contributed by atoms with Gasteiger partial charge in [0.1, 0.15) is 0 Å². The zero-order valence-electron chi connectivity index (χ0n) is 11.0. The number of nitrogens with one attached hydrogen (secondary N) is 2. The van der Waals surface area contributed by atoms with Gasteiger partial charge in [-0.2, -0.15) is 0 Å². The van der Waals surface area contributed by atoms with E-state index < -0.39 is 0 Å². The number of benzene rings is 1. The van der Waals surface area contributed by atoms with E-state index in [2.05, 4.69) is 10.6 Å². The number of halogens is 2. The first kappa shape index (κ1) is 14.6. The molecule has 5 heteroatoms. The summed E-state index contributed by atoms with van der Waals surface area (Å²) in [5.41, 5.74) is 1.09. The normalized spacial score (nSPS) is 22.9. The molecule has 1 aromatic carbocycles. The van der Waals surface area contributed by atoms with Gasteiger partial charge in [0.25, 0.3) is 0 Å². The van der Waals surface area contributed by atoms with Crippen LogP contribution < -0.4 is 10.6 Å². The molecule has 2 rings (SSSR count). The molecule has 104 valence electrons. The van der Waals surface area contributed by atoms with E-state index in [1.54, 1.807) is 6.07 Å². The van der Waals surface area contributed by atoms with Crippen LogP contribution in [0.4, 0.5) is 0 Å². The molecule has 0 radical (unpaired) electrons. The van der Waals surface area contributed by atoms with Crippen molar-refractivity contribution in [2.75, 3.05) is 13.6 Å². The third-order valence-electron chi connectivity index (χ3n) is 3.57. The molecule has 0 saturated heterocycles. The minimum Gasteiger partial charge on any atom is -0.354 e. The van der Waals surface area contributed by atoms with E-state index in [4.69, 9.17) is 23.2 Å². The summed E-state index contributed by atoms with van der Waals surface area (Å²) in [7, 11) is 1.88. The number of hydrogen-bond acceptors (Lipinski definition) is 2. The maximum absolute atomic E-state index is 12.0. The van der Waals surface area contributed by atoms with Gasteiger partial charge in [0.15, 0.2) is 0 Å². The molecular formula is C14H18Cl2N2O. The molecule has 3 atom stereocenters.